The Morgan fingerprint density at radius 1 is 1.11 bits per heavy atom. The third-order valence-corrected chi connectivity index (χ3v) is 5.01. The van der Waals surface area contributed by atoms with Gasteiger partial charge in [0.05, 0.1) is 0 Å². The van der Waals surface area contributed by atoms with Gasteiger partial charge in [0.15, 0.2) is 17.4 Å². The van der Waals surface area contributed by atoms with Gasteiger partial charge in [0.1, 0.15) is 5.78 Å². The van der Waals surface area contributed by atoms with Crippen molar-refractivity contribution in [2.24, 2.45) is 11.8 Å². The predicted octanol–water partition coefficient (Wildman–Crippen LogP) is 4.72. The zero-order valence-corrected chi connectivity index (χ0v) is 15.1. The molecule has 6 heteroatoms. The summed E-state index contributed by atoms with van der Waals surface area (Å²) in [4.78, 5) is 34.7. The summed E-state index contributed by atoms with van der Waals surface area (Å²) in [6, 6.07) is 3.03. The highest BCUT2D eigenvalue weighted by Crippen LogP contribution is 2.34. The van der Waals surface area contributed by atoms with Crippen LogP contribution in [0.4, 0.5) is 8.78 Å². The predicted molar refractivity (Wildman–Crippen MR) is 96.4 cm³/mol. The molecule has 1 aliphatic rings. The highest BCUT2D eigenvalue weighted by atomic mass is 19.2. The number of rotatable bonds is 10. The van der Waals surface area contributed by atoms with E-state index < -0.39 is 23.4 Å². The van der Waals surface area contributed by atoms with Crippen molar-refractivity contribution in [1.82, 2.24) is 0 Å². The molecule has 1 aromatic carbocycles. The molecule has 4 nitrogen and oxygen atoms in total. The highest BCUT2D eigenvalue weighted by Gasteiger charge is 2.32. The van der Waals surface area contributed by atoms with Crippen molar-refractivity contribution in [1.29, 1.82) is 0 Å². The van der Waals surface area contributed by atoms with Crippen LogP contribution in [0, 0.1) is 23.5 Å². The summed E-state index contributed by atoms with van der Waals surface area (Å²) in [5.41, 5.74) is 0.0736. The SMILES string of the molecule is O=C(O)CCCCCCC1C(=O)CCC1/C=C/C(=O)c1ccc(F)c(F)c1. The second-order valence-corrected chi connectivity index (χ2v) is 6.97. The molecule has 0 aliphatic heterocycles. The topological polar surface area (TPSA) is 71.4 Å². The Kier molecular flexibility index (Phi) is 7.82. The van der Waals surface area contributed by atoms with Gasteiger partial charge in [-0.05, 0) is 49.5 Å². The van der Waals surface area contributed by atoms with E-state index in [0.717, 1.165) is 37.8 Å². The fourth-order valence-corrected chi connectivity index (χ4v) is 3.49. The van der Waals surface area contributed by atoms with Crippen LogP contribution in [0.1, 0.15) is 61.7 Å². The first-order valence-electron chi connectivity index (χ1n) is 9.30. The number of unbranched alkanes of at least 4 members (excludes halogenated alkanes) is 3. The molecule has 27 heavy (non-hydrogen) atoms. The molecular formula is C21H24F2O4. The smallest absolute Gasteiger partial charge is 0.303 e. The van der Waals surface area contributed by atoms with Crippen molar-refractivity contribution in [2.75, 3.05) is 0 Å². The van der Waals surface area contributed by atoms with Gasteiger partial charge in [0.25, 0.3) is 0 Å². The Morgan fingerprint density at radius 3 is 2.56 bits per heavy atom. The number of hydrogen-bond donors (Lipinski definition) is 1. The van der Waals surface area contributed by atoms with Crippen LogP contribution in [0.2, 0.25) is 0 Å². The van der Waals surface area contributed by atoms with Gasteiger partial charge in [-0.15, -0.1) is 0 Å². The van der Waals surface area contributed by atoms with Crippen molar-refractivity contribution in [2.45, 2.75) is 51.4 Å². The highest BCUT2D eigenvalue weighted by molar-refractivity contribution is 6.04. The number of carboxylic acids is 1. The third-order valence-electron chi connectivity index (χ3n) is 5.01. The number of Topliss-reactive ketones (excluding diaryl/α,β-unsaturated/α-hetero) is 1. The Hall–Kier alpha value is -2.37. The molecule has 0 amide bonds. The summed E-state index contributed by atoms with van der Waals surface area (Å²) in [6.45, 7) is 0. The normalized spacial score (nSPS) is 19.7. The minimum Gasteiger partial charge on any atom is -0.481 e. The maximum atomic E-state index is 13.2. The number of aliphatic carboxylic acids is 1. The molecule has 0 saturated heterocycles. The molecule has 0 aromatic heterocycles. The molecule has 1 fully saturated rings. The van der Waals surface area contributed by atoms with Crippen molar-refractivity contribution >= 4 is 17.5 Å². The fraction of sp³-hybridized carbons (Fsp3) is 0.476. The molecule has 1 aromatic rings. The Labute approximate surface area is 157 Å². The van der Waals surface area contributed by atoms with E-state index in [-0.39, 0.29) is 29.6 Å². The van der Waals surface area contributed by atoms with E-state index in [9.17, 15) is 23.2 Å². The fourth-order valence-electron chi connectivity index (χ4n) is 3.49. The molecule has 2 atom stereocenters. The summed E-state index contributed by atoms with van der Waals surface area (Å²) >= 11 is 0. The minimum atomic E-state index is -1.06. The Balaban J connectivity index is 1.85. The zero-order chi connectivity index (χ0) is 19.8. The molecule has 1 aliphatic carbocycles. The van der Waals surface area contributed by atoms with Crippen molar-refractivity contribution in [3.8, 4) is 0 Å². The number of carboxylic acid groups (broad SMARTS) is 1. The number of hydrogen-bond acceptors (Lipinski definition) is 3. The maximum Gasteiger partial charge on any atom is 0.303 e. The van der Waals surface area contributed by atoms with Crippen LogP contribution in [0.5, 0.6) is 0 Å². The van der Waals surface area contributed by atoms with Gasteiger partial charge in [-0.1, -0.05) is 25.3 Å². The molecule has 0 spiro atoms. The first-order valence-corrected chi connectivity index (χ1v) is 9.30. The number of allylic oxidation sites excluding steroid dienone is 2. The average molecular weight is 378 g/mol. The van der Waals surface area contributed by atoms with Gasteiger partial charge < -0.3 is 5.11 Å². The molecule has 1 saturated carbocycles. The van der Waals surface area contributed by atoms with Crippen molar-refractivity contribution in [3.05, 3.63) is 47.5 Å². The standard InChI is InChI=1S/C21H24F2O4/c22-17-10-7-15(13-18(17)23)19(24)11-8-14-9-12-20(25)16(14)5-3-1-2-4-6-21(26)27/h7-8,10-11,13-14,16H,1-6,9,12H2,(H,26,27)/b11-8+. The van der Waals surface area contributed by atoms with E-state index in [2.05, 4.69) is 0 Å². The van der Waals surface area contributed by atoms with E-state index >= 15 is 0 Å². The van der Waals surface area contributed by atoms with Gasteiger partial charge in [0, 0.05) is 24.3 Å². The van der Waals surface area contributed by atoms with Crippen LogP contribution >= 0.6 is 0 Å². The van der Waals surface area contributed by atoms with Gasteiger partial charge in [-0.2, -0.15) is 0 Å². The Morgan fingerprint density at radius 2 is 1.85 bits per heavy atom. The summed E-state index contributed by atoms with van der Waals surface area (Å²) in [7, 11) is 0. The number of carbonyl (C=O) groups excluding carboxylic acids is 2. The number of carbonyl (C=O) groups is 3. The Bertz CT molecular complexity index is 727. The number of halogens is 2. The van der Waals surface area contributed by atoms with Crippen LogP contribution in [0.25, 0.3) is 0 Å². The van der Waals surface area contributed by atoms with Crippen LogP contribution < -0.4 is 0 Å². The van der Waals surface area contributed by atoms with E-state index in [1.807, 2.05) is 0 Å². The summed E-state index contributed by atoms with van der Waals surface area (Å²) in [6.07, 6.45) is 8.29. The van der Waals surface area contributed by atoms with Crippen LogP contribution in [0.3, 0.4) is 0 Å². The van der Waals surface area contributed by atoms with Gasteiger partial charge in [-0.3, -0.25) is 14.4 Å². The zero-order valence-electron chi connectivity index (χ0n) is 15.1. The summed E-state index contributed by atoms with van der Waals surface area (Å²) < 4.78 is 26.2. The number of benzene rings is 1. The largest absolute Gasteiger partial charge is 0.481 e. The van der Waals surface area contributed by atoms with Crippen LogP contribution in [0.15, 0.2) is 30.4 Å². The maximum absolute atomic E-state index is 13.2. The average Bonchev–Trinajstić information content (AvgIpc) is 2.98. The molecule has 0 heterocycles. The van der Waals surface area contributed by atoms with Crippen molar-refractivity contribution < 1.29 is 28.3 Å². The van der Waals surface area contributed by atoms with Gasteiger partial charge >= 0.3 is 5.97 Å². The molecule has 1 N–H and O–H groups in total. The molecule has 146 valence electrons. The van der Waals surface area contributed by atoms with E-state index in [4.69, 9.17) is 5.11 Å². The van der Waals surface area contributed by atoms with E-state index in [1.54, 1.807) is 6.08 Å². The third kappa shape index (κ3) is 6.38. The van der Waals surface area contributed by atoms with Crippen LogP contribution in [-0.4, -0.2) is 22.6 Å². The van der Waals surface area contributed by atoms with Gasteiger partial charge in [0.2, 0.25) is 0 Å². The summed E-state index contributed by atoms with van der Waals surface area (Å²) in [5, 5.41) is 8.61. The monoisotopic (exact) mass is 378 g/mol. The van der Waals surface area contributed by atoms with E-state index in [0.29, 0.717) is 19.3 Å². The second kappa shape index (κ2) is 10.1. The summed E-state index contributed by atoms with van der Waals surface area (Å²) in [5.74, 6) is -3.23. The minimum absolute atomic E-state index is 0.0224. The lowest BCUT2D eigenvalue weighted by molar-refractivity contribution is -0.137. The van der Waals surface area contributed by atoms with Crippen LogP contribution in [-0.2, 0) is 9.59 Å². The molecule has 2 unspecified atom stereocenters. The lowest BCUT2D eigenvalue weighted by Gasteiger charge is -2.14. The van der Waals surface area contributed by atoms with Gasteiger partial charge in [-0.25, -0.2) is 8.78 Å². The van der Waals surface area contributed by atoms with Crippen molar-refractivity contribution in [3.63, 3.8) is 0 Å². The van der Waals surface area contributed by atoms with E-state index in [1.165, 1.54) is 12.1 Å². The first-order chi connectivity index (χ1) is 12.9. The first kappa shape index (κ1) is 20.9. The lowest BCUT2D eigenvalue weighted by Crippen LogP contribution is -2.13. The second-order valence-electron chi connectivity index (χ2n) is 6.97. The molecule has 0 bridgehead atoms. The number of ketones is 2. The quantitative estimate of drug-likeness (QED) is 0.363. The molecular weight excluding hydrogens is 354 g/mol. The molecule has 2 rings (SSSR count). The molecule has 0 radical (unpaired) electrons. The lowest BCUT2D eigenvalue weighted by atomic mass is 9.89.